The molecular formula is C38H34Cl4N8O4. The molecule has 0 unspecified atom stereocenters. The third-order valence-corrected chi connectivity index (χ3v) is 12.0. The average Bonchev–Trinajstić information content (AvgIpc) is 3.99. The number of hydrogen-bond donors (Lipinski definition) is 3. The number of carbonyl (C=O) groups is 2. The molecule has 2 saturated carbocycles. The van der Waals surface area contributed by atoms with Crippen LogP contribution < -0.4 is 0 Å². The molecule has 2 aromatic carbocycles. The Balaban J connectivity index is 1.13. The Bertz CT molecular complexity index is 2240. The fourth-order valence-electron chi connectivity index (χ4n) is 7.78. The minimum atomic E-state index is -0.684. The number of aromatic amines is 1. The van der Waals surface area contributed by atoms with Crippen LogP contribution in [0.25, 0.3) is 28.2 Å². The van der Waals surface area contributed by atoms with Crippen molar-refractivity contribution in [3.8, 4) is 39.7 Å². The second-order valence-corrected chi connectivity index (χ2v) is 15.3. The van der Waals surface area contributed by atoms with Gasteiger partial charge in [0.25, 0.3) is 0 Å². The molecule has 0 radical (unpaired) electrons. The highest BCUT2D eigenvalue weighted by molar-refractivity contribution is 6.45. The zero-order chi connectivity index (χ0) is 37.7. The van der Waals surface area contributed by atoms with Crippen molar-refractivity contribution in [1.29, 1.82) is 0 Å². The lowest BCUT2D eigenvalue weighted by Crippen LogP contribution is -2.15. The van der Waals surface area contributed by atoms with Gasteiger partial charge in [0.15, 0.2) is 0 Å². The van der Waals surface area contributed by atoms with Gasteiger partial charge in [-0.2, -0.15) is 0 Å². The van der Waals surface area contributed by atoms with Crippen molar-refractivity contribution in [2.24, 2.45) is 0 Å². The van der Waals surface area contributed by atoms with Gasteiger partial charge in [-0.3, -0.25) is 14.2 Å². The molecule has 16 heteroatoms. The minimum absolute atomic E-state index is 0.0132. The van der Waals surface area contributed by atoms with Crippen LogP contribution in [-0.2, 0) is 0 Å². The average molecular weight is 809 g/mol. The minimum Gasteiger partial charge on any atom is -0.507 e. The van der Waals surface area contributed by atoms with Crippen molar-refractivity contribution in [3.05, 3.63) is 97.7 Å². The summed E-state index contributed by atoms with van der Waals surface area (Å²) in [5.74, 6) is -1.95. The molecule has 8 rings (SSSR count). The Labute approximate surface area is 329 Å². The van der Waals surface area contributed by atoms with Crippen LogP contribution in [0.1, 0.15) is 108 Å². The van der Waals surface area contributed by atoms with Crippen LogP contribution in [0, 0.1) is 0 Å². The van der Waals surface area contributed by atoms with Gasteiger partial charge in [-0.25, -0.2) is 9.36 Å². The number of nitrogens with zero attached hydrogens (tertiary/aromatic N) is 7. The van der Waals surface area contributed by atoms with Gasteiger partial charge in [-0.05, 0) is 56.0 Å². The third kappa shape index (κ3) is 6.48. The Morgan fingerprint density at radius 2 is 1.19 bits per heavy atom. The maximum absolute atomic E-state index is 14.2. The summed E-state index contributed by atoms with van der Waals surface area (Å²) in [4.78, 5) is 31.2. The number of aromatic hydroxyl groups is 2. The molecule has 2 aliphatic carbocycles. The molecule has 0 aliphatic heterocycles. The number of halogens is 4. The van der Waals surface area contributed by atoms with Gasteiger partial charge in [0, 0.05) is 11.1 Å². The fraction of sp³-hybridized carbons (Fsp3) is 0.316. The summed E-state index contributed by atoms with van der Waals surface area (Å²) >= 11 is 26.4. The Kier molecular flexibility index (Phi) is 10.0. The van der Waals surface area contributed by atoms with Gasteiger partial charge >= 0.3 is 0 Å². The molecule has 2 fully saturated rings. The number of H-pyrrole nitrogens is 1. The van der Waals surface area contributed by atoms with Crippen molar-refractivity contribution in [2.75, 3.05) is 0 Å². The van der Waals surface area contributed by atoms with Gasteiger partial charge in [0.05, 0.1) is 63.4 Å². The van der Waals surface area contributed by atoms with Crippen LogP contribution in [0.15, 0.2) is 54.9 Å². The molecule has 54 heavy (non-hydrogen) atoms. The van der Waals surface area contributed by atoms with Crippen molar-refractivity contribution < 1.29 is 19.8 Å². The molecule has 12 nitrogen and oxygen atoms in total. The summed E-state index contributed by atoms with van der Waals surface area (Å²) in [6.07, 6.45) is 14.0. The van der Waals surface area contributed by atoms with E-state index in [2.05, 4.69) is 25.6 Å². The maximum atomic E-state index is 14.2. The van der Waals surface area contributed by atoms with E-state index in [1.54, 1.807) is 24.5 Å². The quantitative estimate of drug-likeness (QED) is 0.122. The van der Waals surface area contributed by atoms with E-state index in [0.29, 0.717) is 11.1 Å². The van der Waals surface area contributed by atoms with E-state index < -0.39 is 11.6 Å². The molecule has 0 amide bonds. The lowest BCUT2D eigenvalue weighted by atomic mass is 9.95. The highest BCUT2D eigenvalue weighted by atomic mass is 35.5. The van der Waals surface area contributed by atoms with Gasteiger partial charge in [0.2, 0.25) is 11.6 Å². The van der Waals surface area contributed by atoms with E-state index in [1.807, 2.05) is 9.36 Å². The predicted octanol–water partition coefficient (Wildman–Crippen LogP) is 9.82. The van der Waals surface area contributed by atoms with E-state index in [4.69, 9.17) is 46.4 Å². The first-order valence-corrected chi connectivity index (χ1v) is 19.3. The topological polar surface area (TPSA) is 157 Å². The SMILES string of the molecule is O=C(c1ccc(-c2cnnn2C2CCCCC2)cc1O)c1[nH]c(Cl)c(Cl)c1-n1c(C(=O)c2ccc(-c3cnnn3C3CCCCC3)cc2O)cc(Cl)c1Cl. The van der Waals surface area contributed by atoms with Crippen LogP contribution in [0.2, 0.25) is 20.4 Å². The first kappa shape index (κ1) is 36.4. The van der Waals surface area contributed by atoms with Crippen LogP contribution in [0.4, 0.5) is 0 Å². The van der Waals surface area contributed by atoms with Crippen molar-refractivity contribution in [3.63, 3.8) is 0 Å². The molecular weight excluding hydrogens is 774 g/mol. The molecule has 0 bridgehead atoms. The Morgan fingerprint density at radius 1 is 0.685 bits per heavy atom. The zero-order valence-electron chi connectivity index (χ0n) is 28.8. The lowest BCUT2D eigenvalue weighted by molar-refractivity contribution is 0.101. The third-order valence-electron chi connectivity index (χ3n) is 10.5. The highest BCUT2D eigenvalue weighted by Crippen LogP contribution is 2.42. The molecule has 4 heterocycles. The number of hydrogen-bond acceptors (Lipinski definition) is 8. The van der Waals surface area contributed by atoms with E-state index in [0.717, 1.165) is 62.8 Å². The predicted molar refractivity (Wildman–Crippen MR) is 206 cm³/mol. The summed E-state index contributed by atoms with van der Waals surface area (Å²) in [6, 6.07) is 11.1. The zero-order valence-corrected chi connectivity index (χ0v) is 31.8. The summed E-state index contributed by atoms with van der Waals surface area (Å²) in [5.41, 5.74) is 2.29. The van der Waals surface area contributed by atoms with Gasteiger partial charge in [-0.15, -0.1) is 10.2 Å². The number of phenols is 2. The summed E-state index contributed by atoms with van der Waals surface area (Å²) in [6.45, 7) is 0. The summed E-state index contributed by atoms with van der Waals surface area (Å²) < 4.78 is 4.97. The monoisotopic (exact) mass is 806 g/mol. The second kappa shape index (κ2) is 14.9. The van der Waals surface area contributed by atoms with Gasteiger partial charge < -0.3 is 15.2 Å². The second-order valence-electron chi connectivity index (χ2n) is 13.8. The molecule has 6 aromatic rings. The number of nitrogens with one attached hydrogen (secondary N) is 1. The lowest BCUT2D eigenvalue weighted by Gasteiger charge is -2.23. The molecule has 0 atom stereocenters. The number of aromatic nitrogens is 8. The number of phenolic OH excluding ortho intramolecular Hbond substituents is 2. The maximum Gasteiger partial charge on any atom is 0.215 e. The standard InChI is InChI=1S/C38H34Cl4N8O4/c39-26-17-27(35(53)24-13-11-20(15-30(24)51)28-18-43-46-49(28)22-7-3-1-4-8-22)48(38(26)42)34-32(40)37(41)45-33(34)36(54)25-14-12-21(16-31(25)52)29-19-44-47-50(29)23-9-5-2-6-10-23/h11-19,22-23,45,51-52H,1-10H2. The first-order chi connectivity index (χ1) is 26.1. The van der Waals surface area contributed by atoms with Crippen LogP contribution in [0.3, 0.4) is 0 Å². The molecule has 3 N–H and O–H groups in total. The van der Waals surface area contributed by atoms with E-state index in [9.17, 15) is 19.8 Å². The molecule has 0 spiro atoms. The number of rotatable bonds is 9. The number of carbonyl (C=O) groups excluding carboxylic acids is 2. The highest BCUT2D eigenvalue weighted by Gasteiger charge is 2.32. The van der Waals surface area contributed by atoms with Gasteiger partial charge in [0.1, 0.15) is 32.5 Å². The van der Waals surface area contributed by atoms with Gasteiger partial charge in [-0.1, -0.05) is 107 Å². The molecule has 0 saturated heterocycles. The summed E-state index contributed by atoms with van der Waals surface area (Å²) in [7, 11) is 0. The van der Waals surface area contributed by atoms with E-state index in [1.165, 1.54) is 47.7 Å². The molecule has 278 valence electrons. The van der Waals surface area contributed by atoms with Crippen molar-refractivity contribution in [1.82, 2.24) is 39.5 Å². The largest absolute Gasteiger partial charge is 0.507 e. The Hall–Kier alpha value is -4.62. The first-order valence-electron chi connectivity index (χ1n) is 17.8. The number of ketones is 2. The Morgan fingerprint density at radius 3 is 1.69 bits per heavy atom. The van der Waals surface area contributed by atoms with Crippen LogP contribution in [-0.4, -0.2) is 61.3 Å². The fourth-order valence-corrected chi connectivity index (χ4v) is 8.61. The van der Waals surface area contributed by atoms with E-state index >= 15 is 0 Å². The molecule has 2 aliphatic rings. The van der Waals surface area contributed by atoms with Crippen molar-refractivity contribution >= 4 is 58.0 Å². The normalized spacial score (nSPS) is 15.6. The van der Waals surface area contributed by atoms with E-state index in [-0.39, 0.29) is 72.1 Å². The van der Waals surface area contributed by atoms with Crippen LogP contribution in [0.5, 0.6) is 11.5 Å². The summed E-state index contributed by atoms with van der Waals surface area (Å²) in [5, 5.41) is 39.0. The van der Waals surface area contributed by atoms with Crippen LogP contribution >= 0.6 is 46.4 Å². The van der Waals surface area contributed by atoms with Crippen molar-refractivity contribution in [2.45, 2.75) is 76.3 Å². The number of benzene rings is 2. The molecule has 4 aromatic heterocycles. The smallest absolute Gasteiger partial charge is 0.215 e.